The highest BCUT2D eigenvalue weighted by atomic mass is 35.5. The molecule has 1 aliphatic heterocycles. The molecule has 8 nitrogen and oxygen atoms in total. The van der Waals surface area contributed by atoms with Gasteiger partial charge in [0.15, 0.2) is 0 Å². The zero-order chi connectivity index (χ0) is 21.8. The highest BCUT2D eigenvalue weighted by Gasteiger charge is 2.23. The van der Waals surface area contributed by atoms with Crippen LogP contribution in [-0.2, 0) is 0 Å². The molecule has 0 spiro atoms. The molecule has 1 amide bonds. The lowest BCUT2D eigenvalue weighted by Crippen LogP contribution is -2.29. The second-order valence-electron chi connectivity index (χ2n) is 7.35. The normalized spacial score (nSPS) is 13.5. The molecular formula is C22H24ClN5O3. The van der Waals surface area contributed by atoms with Crippen LogP contribution in [0.15, 0.2) is 34.9 Å². The van der Waals surface area contributed by atoms with E-state index < -0.39 is 0 Å². The van der Waals surface area contributed by atoms with E-state index in [0.29, 0.717) is 45.9 Å². The number of carbonyl (C=O) groups excluding carboxylic acids is 1. The Morgan fingerprint density at radius 3 is 2.77 bits per heavy atom. The maximum atomic E-state index is 12.8. The van der Waals surface area contributed by atoms with Gasteiger partial charge in [-0.2, -0.15) is 4.98 Å². The number of aryl methyl sites for hydroxylation is 2. The minimum Gasteiger partial charge on any atom is -0.476 e. The summed E-state index contributed by atoms with van der Waals surface area (Å²) in [7, 11) is 0. The predicted molar refractivity (Wildman–Crippen MR) is 118 cm³/mol. The van der Waals surface area contributed by atoms with Gasteiger partial charge < -0.3 is 19.5 Å². The lowest BCUT2D eigenvalue weighted by atomic mass is 10.1. The van der Waals surface area contributed by atoms with Gasteiger partial charge in [-0.25, -0.2) is 4.98 Å². The van der Waals surface area contributed by atoms with Crippen molar-refractivity contribution in [2.24, 2.45) is 0 Å². The summed E-state index contributed by atoms with van der Waals surface area (Å²) in [5, 5.41) is 7.38. The van der Waals surface area contributed by atoms with Crippen LogP contribution < -0.4 is 15.0 Å². The van der Waals surface area contributed by atoms with Gasteiger partial charge in [-0.3, -0.25) is 4.79 Å². The molecule has 31 heavy (non-hydrogen) atoms. The summed E-state index contributed by atoms with van der Waals surface area (Å²) in [5.74, 6) is 2.17. The second-order valence-corrected chi connectivity index (χ2v) is 7.76. The average Bonchev–Trinajstić information content (AvgIpc) is 3.41. The van der Waals surface area contributed by atoms with Crippen LogP contribution in [0.4, 0.5) is 5.82 Å². The fourth-order valence-corrected chi connectivity index (χ4v) is 3.82. The standard InChI is InChI=1S/C22H24ClN5O3/c1-14-20(21(27-31-14)16-7-3-4-8-17(16)23)22(29)24-9-12-30-19-13-18(25-15(2)26-19)28-10-5-6-11-28/h3-4,7-8,13H,5-6,9-12H2,1-2H3,(H,24,29). The van der Waals surface area contributed by atoms with Crippen molar-refractivity contribution in [1.82, 2.24) is 20.4 Å². The third-order valence-corrected chi connectivity index (χ3v) is 5.42. The van der Waals surface area contributed by atoms with Crippen LogP contribution in [0.3, 0.4) is 0 Å². The van der Waals surface area contributed by atoms with Gasteiger partial charge in [0.05, 0.1) is 11.6 Å². The molecule has 0 atom stereocenters. The van der Waals surface area contributed by atoms with Crippen LogP contribution in [0, 0.1) is 13.8 Å². The number of nitrogens with one attached hydrogen (secondary N) is 1. The first kappa shape index (κ1) is 21.1. The Hall–Kier alpha value is -3.13. The third kappa shape index (κ3) is 4.80. The van der Waals surface area contributed by atoms with E-state index in [1.54, 1.807) is 19.1 Å². The van der Waals surface area contributed by atoms with Crippen molar-refractivity contribution in [1.29, 1.82) is 0 Å². The maximum Gasteiger partial charge on any atom is 0.257 e. The van der Waals surface area contributed by atoms with E-state index in [2.05, 4.69) is 25.3 Å². The first-order valence-corrected chi connectivity index (χ1v) is 10.6. The molecule has 1 saturated heterocycles. The number of benzene rings is 1. The molecule has 9 heteroatoms. The molecule has 0 radical (unpaired) electrons. The van der Waals surface area contributed by atoms with Gasteiger partial charge in [-0.15, -0.1) is 0 Å². The summed E-state index contributed by atoms with van der Waals surface area (Å²) >= 11 is 6.26. The number of carbonyl (C=O) groups is 1. The van der Waals surface area contributed by atoms with Crippen LogP contribution in [0.2, 0.25) is 5.02 Å². The van der Waals surface area contributed by atoms with Crippen molar-refractivity contribution in [3.8, 4) is 17.1 Å². The van der Waals surface area contributed by atoms with E-state index in [4.69, 9.17) is 20.9 Å². The molecule has 0 bridgehead atoms. The molecule has 2 aromatic heterocycles. The fourth-order valence-electron chi connectivity index (χ4n) is 3.59. The molecule has 3 heterocycles. The van der Waals surface area contributed by atoms with Crippen molar-refractivity contribution < 1.29 is 14.1 Å². The number of halogens is 1. The Balaban J connectivity index is 1.38. The molecule has 0 unspecified atom stereocenters. The van der Waals surface area contributed by atoms with Crippen LogP contribution in [0.1, 0.15) is 34.8 Å². The molecule has 0 saturated carbocycles. The highest BCUT2D eigenvalue weighted by molar-refractivity contribution is 6.33. The van der Waals surface area contributed by atoms with Gasteiger partial charge in [-0.05, 0) is 32.8 Å². The first-order valence-electron chi connectivity index (χ1n) is 10.3. The van der Waals surface area contributed by atoms with Gasteiger partial charge in [0.1, 0.15) is 35.3 Å². The molecule has 1 N–H and O–H groups in total. The van der Waals surface area contributed by atoms with Gasteiger partial charge in [-0.1, -0.05) is 35.0 Å². The fraction of sp³-hybridized carbons (Fsp3) is 0.364. The van der Waals surface area contributed by atoms with Crippen LogP contribution in [0.25, 0.3) is 11.3 Å². The van der Waals surface area contributed by atoms with Gasteiger partial charge in [0.25, 0.3) is 5.91 Å². The molecular weight excluding hydrogens is 418 g/mol. The van der Waals surface area contributed by atoms with E-state index in [1.165, 1.54) is 12.8 Å². The number of rotatable bonds is 7. The summed E-state index contributed by atoms with van der Waals surface area (Å²) in [4.78, 5) is 23.8. The first-order chi connectivity index (χ1) is 15.0. The van der Waals surface area contributed by atoms with E-state index in [9.17, 15) is 4.79 Å². The molecule has 4 rings (SSSR count). The van der Waals surface area contributed by atoms with Crippen molar-refractivity contribution in [3.63, 3.8) is 0 Å². The topological polar surface area (TPSA) is 93.4 Å². The number of hydrogen-bond donors (Lipinski definition) is 1. The minimum atomic E-state index is -0.297. The van der Waals surface area contributed by atoms with Gasteiger partial charge in [0.2, 0.25) is 5.88 Å². The van der Waals surface area contributed by atoms with E-state index in [-0.39, 0.29) is 12.5 Å². The minimum absolute atomic E-state index is 0.271. The number of aromatic nitrogens is 3. The highest BCUT2D eigenvalue weighted by Crippen LogP contribution is 2.30. The third-order valence-electron chi connectivity index (χ3n) is 5.09. The summed E-state index contributed by atoms with van der Waals surface area (Å²) in [6.45, 7) is 6.11. The Labute approximate surface area is 185 Å². The van der Waals surface area contributed by atoms with E-state index >= 15 is 0 Å². The quantitative estimate of drug-likeness (QED) is 0.557. The zero-order valence-corrected chi connectivity index (χ0v) is 18.3. The number of anilines is 1. The number of hydrogen-bond acceptors (Lipinski definition) is 7. The Morgan fingerprint density at radius 2 is 2.00 bits per heavy atom. The van der Waals surface area contributed by atoms with Gasteiger partial charge >= 0.3 is 0 Å². The zero-order valence-electron chi connectivity index (χ0n) is 17.5. The molecule has 3 aromatic rings. The van der Waals surface area contributed by atoms with Crippen molar-refractivity contribution in [2.75, 3.05) is 31.1 Å². The summed E-state index contributed by atoms with van der Waals surface area (Å²) in [6.07, 6.45) is 2.34. The monoisotopic (exact) mass is 441 g/mol. The molecule has 162 valence electrons. The van der Waals surface area contributed by atoms with Crippen molar-refractivity contribution >= 4 is 23.3 Å². The number of ether oxygens (including phenoxy) is 1. The smallest absolute Gasteiger partial charge is 0.257 e. The molecule has 1 aliphatic rings. The average molecular weight is 442 g/mol. The number of nitrogens with zero attached hydrogens (tertiary/aromatic N) is 4. The molecule has 0 aliphatic carbocycles. The van der Waals surface area contributed by atoms with Crippen molar-refractivity contribution in [3.05, 3.63) is 52.5 Å². The van der Waals surface area contributed by atoms with Crippen LogP contribution >= 0.6 is 11.6 Å². The number of amides is 1. The summed E-state index contributed by atoms with van der Waals surface area (Å²) < 4.78 is 11.0. The lowest BCUT2D eigenvalue weighted by molar-refractivity contribution is 0.0945. The van der Waals surface area contributed by atoms with E-state index in [0.717, 1.165) is 18.9 Å². The summed E-state index contributed by atoms with van der Waals surface area (Å²) in [5.41, 5.74) is 1.43. The van der Waals surface area contributed by atoms with Gasteiger partial charge in [0, 0.05) is 24.7 Å². The maximum absolute atomic E-state index is 12.8. The second kappa shape index (κ2) is 9.34. The van der Waals surface area contributed by atoms with E-state index in [1.807, 2.05) is 25.1 Å². The predicted octanol–water partition coefficient (Wildman–Crippen LogP) is 3.81. The Kier molecular flexibility index (Phi) is 6.36. The summed E-state index contributed by atoms with van der Waals surface area (Å²) in [6, 6.07) is 9.05. The lowest BCUT2D eigenvalue weighted by Gasteiger charge is -2.17. The van der Waals surface area contributed by atoms with Crippen molar-refractivity contribution in [2.45, 2.75) is 26.7 Å². The molecule has 1 aromatic carbocycles. The Morgan fingerprint density at radius 1 is 1.23 bits per heavy atom. The SMILES string of the molecule is Cc1nc(OCCNC(=O)c2c(-c3ccccc3Cl)noc2C)cc(N2CCCC2)n1. The molecule has 1 fully saturated rings. The largest absolute Gasteiger partial charge is 0.476 e. The Bertz CT molecular complexity index is 1080. The van der Waals surface area contributed by atoms with Crippen LogP contribution in [-0.4, -0.2) is 47.3 Å². The van der Waals surface area contributed by atoms with Crippen LogP contribution in [0.5, 0.6) is 5.88 Å².